The Bertz CT molecular complexity index is 660. The summed E-state index contributed by atoms with van der Waals surface area (Å²) < 4.78 is 0. The maximum absolute atomic E-state index is 5.74. The molecule has 0 saturated heterocycles. The van der Waals surface area contributed by atoms with E-state index in [0.717, 1.165) is 26.5 Å². The smallest absolute Gasteiger partial charge is 0.148 e. The van der Waals surface area contributed by atoms with Crippen LogP contribution >= 0.6 is 22.9 Å². The maximum Gasteiger partial charge on any atom is 0.148 e. The summed E-state index contributed by atoms with van der Waals surface area (Å²) in [6, 6.07) is 9.96. The molecule has 0 atom stereocenters. The topological polar surface area (TPSA) is 38.7 Å². The van der Waals surface area contributed by atoms with E-state index in [1.165, 1.54) is 11.3 Å². The highest BCUT2D eigenvalue weighted by Crippen LogP contribution is 2.29. The van der Waals surface area contributed by atoms with Crippen LogP contribution in [0.15, 0.2) is 36.5 Å². The standard InChI is InChI=1S/C12H8ClN3S/c13-7-11-15-16-12(17-11)9-5-6-14-10-4-2-1-3-8(9)10/h1-6H,7H2. The first-order valence-electron chi connectivity index (χ1n) is 5.11. The second-order valence-corrected chi connectivity index (χ2v) is 4.84. The summed E-state index contributed by atoms with van der Waals surface area (Å²) in [6.07, 6.45) is 1.79. The van der Waals surface area contributed by atoms with Crippen molar-refractivity contribution in [3.63, 3.8) is 0 Å². The van der Waals surface area contributed by atoms with Crippen LogP contribution in [0.3, 0.4) is 0 Å². The van der Waals surface area contributed by atoms with Crippen LogP contribution in [-0.4, -0.2) is 15.2 Å². The van der Waals surface area contributed by atoms with Crippen molar-refractivity contribution < 1.29 is 0 Å². The van der Waals surface area contributed by atoms with Gasteiger partial charge in [-0.15, -0.1) is 21.8 Å². The molecule has 3 aromatic rings. The zero-order valence-corrected chi connectivity index (χ0v) is 10.4. The fourth-order valence-corrected chi connectivity index (χ4v) is 2.64. The van der Waals surface area contributed by atoms with Gasteiger partial charge in [0.15, 0.2) is 0 Å². The Morgan fingerprint density at radius 2 is 2.00 bits per heavy atom. The minimum absolute atomic E-state index is 0.403. The maximum atomic E-state index is 5.74. The van der Waals surface area contributed by atoms with Gasteiger partial charge < -0.3 is 0 Å². The van der Waals surface area contributed by atoms with E-state index in [9.17, 15) is 0 Å². The van der Waals surface area contributed by atoms with E-state index in [1.54, 1.807) is 6.20 Å². The fourth-order valence-electron chi connectivity index (χ4n) is 1.70. The number of fused-ring (bicyclic) bond motifs is 1. The third-order valence-corrected chi connectivity index (χ3v) is 3.83. The molecule has 0 saturated carbocycles. The van der Waals surface area contributed by atoms with Crippen LogP contribution in [0.5, 0.6) is 0 Å². The molecule has 0 spiro atoms. The SMILES string of the molecule is ClCc1nnc(-c2ccnc3ccccc23)s1. The lowest BCUT2D eigenvalue weighted by Gasteiger charge is -2.01. The third kappa shape index (κ3) is 1.90. The molecule has 84 valence electrons. The van der Waals surface area contributed by atoms with Gasteiger partial charge in [0.25, 0.3) is 0 Å². The summed E-state index contributed by atoms with van der Waals surface area (Å²) in [6.45, 7) is 0. The lowest BCUT2D eigenvalue weighted by molar-refractivity contribution is 1.04. The van der Waals surface area contributed by atoms with Gasteiger partial charge in [-0.2, -0.15) is 0 Å². The first-order valence-corrected chi connectivity index (χ1v) is 6.46. The molecule has 0 fully saturated rings. The van der Waals surface area contributed by atoms with Crippen LogP contribution in [0, 0.1) is 0 Å². The molecular formula is C12H8ClN3S. The van der Waals surface area contributed by atoms with Gasteiger partial charge in [0.2, 0.25) is 0 Å². The molecular weight excluding hydrogens is 254 g/mol. The number of para-hydroxylation sites is 1. The van der Waals surface area contributed by atoms with E-state index in [0.29, 0.717) is 5.88 Å². The molecule has 0 radical (unpaired) electrons. The molecule has 1 aromatic carbocycles. The van der Waals surface area contributed by atoms with E-state index in [4.69, 9.17) is 11.6 Å². The van der Waals surface area contributed by atoms with Crippen LogP contribution in [0.25, 0.3) is 21.5 Å². The lowest BCUT2D eigenvalue weighted by Crippen LogP contribution is -1.83. The van der Waals surface area contributed by atoms with Crippen molar-refractivity contribution in [2.24, 2.45) is 0 Å². The highest BCUT2D eigenvalue weighted by molar-refractivity contribution is 7.14. The Morgan fingerprint density at radius 3 is 2.82 bits per heavy atom. The molecule has 2 heterocycles. The monoisotopic (exact) mass is 261 g/mol. The summed E-state index contributed by atoms with van der Waals surface area (Å²) in [5.74, 6) is 0.403. The van der Waals surface area contributed by atoms with Gasteiger partial charge in [-0.3, -0.25) is 4.98 Å². The Balaban J connectivity index is 2.23. The number of aromatic nitrogens is 3. The van der Waals surface area contributed by atoms with Gasteiger partial charge in [0.1, 0.15) is 10.0 Å². The molecule has 0 aliphatic heterocycles. The predicted octanol–water partition coefficient (Wildman–Crippen LogP) is 3.49. The number of nitrogens with zero attached hydrogens (tertiary/aromatic N) is 3. The Morgan fingerprint density at radius 1 is 1.12 bits per heavy atom. The molecule has 2 aromatic heterocycles. The van der Waals surface area contributed by atoms with Crippen molar-refractivity contribution in [1.29, 1.82) is 0 Å². The van der Waals surface area contributed by atoms with E-state index >= 15 is 0 Å². The summed E-state index contributed by atoms with van der Waals surface area (Å²) in [5.41, 5.74) is 2.03. The number of benzene rings is 1. The van der Waals surface area contributed by atoms with Gasteiger partial charge in [0.05, 0.1) is 11.4 Å². The van der Waals surface area contributed by atoms with E-state index in [-0.39, 0.29) is 0 Å². The lowest BCUT2D eigenvalue weighted by atomic mass is 10.1. The number of halogens is 1. The zero-order valence-electron chi connectivity index (χ0n) is 8.80. The van der Waals surface area contributed by atoms with Crippen LogP contribution in [0.1, 0.15) is 5.01 Å². The number of alkyl halides is 1. The minimum atomic E-state index is 0.403. The minimum Gasteiger partial charge on any atom is -0.256 e. The fraction of sp³-hybridized carbons (Fsp3) is 0.0833. The summed E-state index contributed by atoms with van der Waals surface area (Å²) in [5, 5.41) is 11.0. The van der Waals surface area contributed by atoms with E-state index in [2.05, 4.69) is 15.2 Å². The highest BCUT2D eigenvalue weighted by atomic mass is 35.5. The number of hydrogen-bond donors (Lipinski definition) is 0. The van der Waals surface area contributed by atoms with Gasteiger partial charge >= 0.3 is 0 Å². The first kappa shape index (κ1) is 10.6. The van der Waals surface area contributed by atoms with Crippen LogP contribution in [0.4, 0.5) is 0 Å². The van der Waals surface area contributed by atoms with Gasteiger partial charge in [-0.05, 0) is 12.1 Å². The Hall–Kier alpha value is -1.52. The molecule has 0 unspecified atom stereocenters. The zero-order chi connectivity index (χ0) is 11.7. The average molecular weight is 262 g/mol. The van der Waals surface area contributed by atoms with Crippen molar-refractivity contribution in [1.82, 2.24) is 15.2 Å². The Labute approximate surface area is 107 Å². The molecule has 0 amide bonds. The summed E-state index contributed by atoms with van der Waals surface area (Å²) in [7, 11) is 0. The normalized spacial score (nSPS) is 10.9. The first-order chi connectivity index (χ1) is 8.38. The second kappa shape index (κ2) is 4.39. The number of pyridine rings is 1. The van der Waals surface area contributed by atoms with Crippen molar-refractivity contribution in [3.8, 4) is 10.6 Å². The van der Waals surface area contributed by atoms with Gasteiger partial charge in [0, 0.05) is 17.1 Å². The van der Waals surface area contributed by atoms with E-state index < -0.39 is 0 Å². The summed E-state index contributed by atoms with van der Waals surface area (Å²) in [4.78, 5) is 4.32. The molecule has 0 bridgehead atoms. The molecule has 17 heavy (non-hydrogen) atoms. The van der Waals surface area contributed by atoms with Gasteiger partial charge in [-0.25, -0.2) is 0 Å². The number of rotatable bonds is 2. The highest BCUT2D eigenvalue weighted by Gasteiger charge is 2.09. The molecule has 3 rings (SSSR count). The van der Waals surface area contributed by atoms with Crippen LogP contribution in [-0.2, 0) is 5.88 Å². The Kier molecular flexibility index (Phi) is 2.74. The van der Waals surface area contributed by atoms with E-state index in [1.807, 2.05) is 30.3 Å². The van der Waals surface area contributed by atoms with Crippen molar-refractivity contribution in [2.45, 2.75) is 5.88 Å². The third-order valence-electron chi connectivity index (χ3n) is 2.46. The molecule has 0 aliphatic rings. The second-order valence-electron chi connectivity index (χ2n) is 3.51. The van der Waals surface area contributed by atoms with Crippen molar-refractivity contribution in [3.05, 3.63) is 41.5 Å². The van der Waals surface area contributed by atoms with Crippen LogP contribution in [0.2, 0.25) is 0 Å². The average Bonchev–Trinajstić information content (AvgIpc) is 2.87. The molecule has 0 N–H and O–H groups in total. The van der Waals surface area contributed by atoms with Gasteiger partial charge in [-0.1, -0.05) is 29.5 Å². The predicted molar refractivity (Wildman–Crippen MR) is 70.2 cm³/mol. The molecule has 3 nitrogen and oxygen atoms in total. The van der Waals surface area contributed by atoms with Crippen molar-refractivity contribution >= 4 is 33.8 Å². The largest absolute Gasteiger partial charge is 0.256 e. The van der Waals surface area contributed by atoms with Crippen molar-refractivity contribution in [2.75, 3.05) is 0 Å². The molecule has 5 heteroatoms. The quantitative estimate of drug-likeness (QED) is 0.663. The van der Waals surface area contributed by atoms with Crippen LogP contribution < -0.4 is 0 Å². The summed E-state index contributed by atoms with van der Waals surface area (Å²) >= 11 is 7.26. The number of hydrogen-bond acceptors (Lipinski definition) is 4. The molecule has 0 aliphatic carbocycles.